The molecule has 1 aliphatic heterocycles. The average Bonchev–Trinajstić information content (AvgIpc) is 2.92. The Morgan fingerprint density at radius 2 is 2.29 bits per heavy atom. The summed E-state index contributed by atoms with van der Waals surface area (Å²) in [5, 5.41) is 0.641. The molecule has 0 spiro atoms. The van der Waals surface area contributed by atoms with Crippen LogP contribution in [0.1, 0.15) is 12.8 Å². The molecular formula is C13H19ClN4O2S. The molecule has 8 heteroatoms. The molecule has 116 valence electrons. The number of fused-ring (bicyclic) bond motifs is 1. The molecule has 1 saturated heterocycles. The Morgan fingerprint density at radius 3 is 3.05 bits per heavy atom. The number of nitrogens with two attached hydrogens (primary N) is 1. The van der Waals surface area contributed by atoms with Crippen molar-refractivity contribution >= 4 is 33.5 Å². The summed E-state index contributed by atoms with van der Waals surface area (Å²) < 4.78 is 27.1. The van der Waals surface area contributed by atoms with Gasteiger partial charge >= 0.3 is 0 Å². The monoisotopic (exact) mass is 330 g/mol. The smallest absolute Gasteiger partial charge is 0.245 e. The number of pyridine rings is 1. The van der Waals surface area contributed by atoms with E-state index in [0.717, 1.165) is 12.8 Å². The number of halogens is 1. The Balaban J connectivity index is 0.00000161. The lowest BCUT2D eigenvalue weighted by Crippen LogP contribution is -2.41. The standard InChI is InChI=1S/C13H18N4O2S.ClH/c14-7-10-3-2-6-17(9-10)20(18,19)12-8-16-13-11(12)4-1-5-15-13;/h1,4-5,8,10H,2-3,6-7,9,14H2,(H,15,16);1H. The Labute approximate surface area is 130 Å². The highest BCUT2D eigenvalue weighted by Gasteiger charge is 2.31. The number of aromatic nitrogens is 2. The van der Waals surface area contributed by atoms with Gasteiger partial charge in [-0.1, -0.05) is 0 Å². The number of rotatable bonds is 3. The largest absolute Gasteiger partial charge is 0.345 e. The first kappa shape index (κ1) is 16.2. The predicted octanol–water partition coefficient (Wildman–Crippen LogP) is 1.34. The Morgan fingerprint density at radius 1 is 1.48 bits per heavy atom. The van der Waals surface area contributed by atoms with Crippen molar-refractivity contribution in [3.8, 4) is 0 Å². The van der Waals surface area contributed by atoms with Crippen LogP contribution < -0.4 is 5.73 Å². The summed E-state index contributed by atoms with van der Waals surface area (Å²) >= 11 is 0. The fraction of sp³-hybridized carbons (Fsp3) is 0.462. The van der Waals surface area contributed by atoms with Crippen LogP contribution in [-0.2, 0) is 10.0 Å². The van der Waals surface area contributed by atoms with Gasteiger partial charge in [0.05, 0.1) is 0 Å². The second-order valence-corrected chi connectivity index (χ2v) is 7.07. The molecular weight excluding hydrogens is 312 g/mol. The molecule has 1 fully saturated rings. The van der Waals surface area contributed by atoms with Crippen LogP contribution in [-0.4, -0.2) is 42.3 Å². The minimum atomic E-state index is -3.48. The number of aromatic amines is 1. The Bertz CT molecular complexity index is 716. The Kier molecular flexibility index (Phi) is 4.88. The molecule has 3 rings (SSSR count). The summed E-state index contributed by atoms with van der Waals surface area (Å²) in [6, 6.07) is 3.52. The van der Waals surface area contributed by atoms with Crippen molar-refractivity contribution in [3.05, 3.63) is 24.5 Å². The van der Waals surface area contributed by atoms with Crippen LogP contribution in [0.3, 0.4) is 0 Å². The highest BCUT2D eigenvalue weighted by molar-refractivity contribution is 7.89. The molecule has 1 aliphatic rings. The Hall–Kier alpha value is -1.15. The van der Waals surface area contributed by atoms with Crippen molar-refractivity contribution in [2.24, 2.45) is 11.7 Å². The first-order valence-corrected chi connectivity index (χ1v) is 8.19. The molecule has 0 saturated carbocycles. The quantitative estimate of drug-likeness (QED) is 0.888. The maximum Gasteiger partial charge on any atom is 0.245 e. The number of nitrogens with zero attached hydrogens (tertiary/aromatic N) is 2. The van der Waals surface area contributed by atoms with E-state index in [4.69, 9.17) is 5.73 Å². The van der Waals surface area contributed by atoms with Gasteiger partial charge in [0.1, 0.15) is 10.5 Å². The minimum Gasteiger partial charge on any atom is -0.345 e. The molecule has 0 aliphatic carbocycles. The maximum absolute atomic E-state index is 12.8. The van der Waals surface area contributed by atoms with E-state index in [1.54, 1.807) is 22.6 Å². The van der Waals surface area contributed by atoms with Gasteiger partial charge in [0, 0.05) is 30.9 Å². The van der Waals surface area contributed by atoms with E-state index in [9.17, 15) is 8.42 Å². The van der Waals surface area contributed by atoms with Crippen molar-refractivity contribution in [2.75, 3.05) is 19.6 Å². The molecule has 1 atom stereocenters. The van der Waals surface area contributed by atoms with Gasteiger partial charge in [-0.25, -0.2) is 13.4 Å². The van der Waals surface area contributed by atoms with E-state index < -0.39 is 10.0 Å². The normalized spacial score (nSPS) is 20.3. The molecule has 2 aromatic rings. The summed E-state index contributed by atoms with van der Waals surface area (Å²) in [5.74, 6) is 0.252. The zero-order valence-electron chi connectivity index (χ0n) is 11.5. The average molecular weight is 331 g/mol. The summed E-state index contributed by atoms with van der Waals surface area (Å²) in [6.45, 7) is 1.60. The third-order valence-electron chi connectivity index (χ3n) is 3.85. The number of H-pyrrole nitrogens is 1. The SMILES string of the molecule is Cl.NCC1CCCN(S(=O)(=O)c2c[nH]c3ncccc23)C1. The molecule has 0 aromatic carbocycles. The first-order valence-electron chi connectivity index (χ1n) is 6.75. The van der Waals surface area contributed by atoms with E-state index in [0.29, 0.717) is 35.6 Å². The third kappa shape index (κ3) is 2.91. The highest BCUT2D eigenvalue weighted by atomic mass is 35.5. The fourth-order valence-corrected chi connectivity index (χ4v) is 4.43. The van der Waals surface area contributed by atoms with Gasteiger partial charge in [-0.3, -0.25) is 0 Å². The summed E-state index contributed by atoms with van der Waals surface area (Å²) in [5.41, 5.74) is 6.28. The third-order valence-corrected chi connectivity index (χ3v) is 5.75. The van der Waals surface area contributed by atoms with Crippen molar-refractivity contribution in [3.63, 3.8) is 0 Å². The lowest BCUT2D eigenvalue weighted by atomic mass is 10.0. The molecule has 3 heterocycles. The molecule has 0 amide bonds. The predicted molar refractivity (Wildman–Crippen MR) is 83.9 cm³/mol. The van der Waals surface area contributed by atoms with E-state index in [-0.39, 0.29) is 18.3 Å². The molecule has 21 heavy (non-hydrogen) atoms. The zero-order valence-corrected chi connectivity index (χ0v) is 13.2. The highest BCUT2D eigenvalue weighted by Crippen LogP contribution is 2.27. The van der Waals surface area contributed by atoms with Crippen LogP contribution in [0.5, 0.6) is 0 Å². The van der Waals surface area contributed by atoms with Gasteiger partial charge in [-0.05, 0) is 37.4 Å². The van der Waals surface area contributed by atoms with Crippen LogP contribution in [0.25, 0.3) is 11.0 Å². The molecule has 0 bridgehead atoms. The van der Waals surface area contributed by atoms with Gasteiger partial charge in [0.15, 0.2) is 0 Å². The number of hydrogen-bond acceptors (Lipinski definition) is 4. The molecule has 6 nitrogen and oxygen atoms in total. The lowest BCUT2D eigenvalue weighted by Gasteiger charge is -2.31. The number of piperidine rings is 1. The molecule has 0 radical (unpaired) electrons. The number of hydrogen-bond donors (Lipinski definition) is 2. The number of sulfonamides is 1. The van der Waals surface area contributed by atoms with Gasteiger partial charge < -0.3 is 10.7 Å². The number of nitrogens with one attached hydrogen (secondary N) is 1. The van der Waals surface area contributed by atoms with Gasteiger partial charge in [0.25, 0.3) is 0 Å². The van der Waals surface area contributed by atoms with E-state index >= 15 is 0 Å². The van der Waals surface area contributed by atoms with Crippen molar-refractivity contribution in [2.45, 2.75) is 17.7 Å². The van der Waals surface area contributed by atoms with Crippen LogP contribution in [0.2, 0.25) is 0 Å². The second-order valence-electron chi connectivity index (χ2n) is 5.16. The first-order chi connectivity index (χ1) is 9.63. The second kappa shape index (κ2) is 6.31. The van der Waals surface area contributed by atoms with Gasteiger partial charge in [-0.15, -0.1) is 12.4 Å². The minimum absolute atomic E-state index is 0. The van der Waals surface area contributed by atoms with Gasteiger partial charge in [0.2, 0.25) is 10.0 Å². The maximum atomic E-state index is 12.8. The van der Waals surface area contributed by atoms with Crippen molar-refractivity contribution < 1.29 is 8.42 Å². The zero-order chi connectivity index (χ0) is 14.2. The van der Waals surface area contributed by atoms with Crippen LogP contribution in [0, 0.1) is 5.92 Å². The summed E-state index contributed by atoms with van der Waals surface area (Å²) in [7, 11) is -3.48. The van der Waals surface area contributed by atoms with Crippen LogP contribution in [0.15, 0.2) is 29.4 Å². The molecule has 3 N–H and O–H groups in total. The van der Waals surface area contributed by atoms with E-state index in [1.165, 1.54) is 6.20 Å². The summed E-state index contributed by atoms with van der Waals surface area (Å²) in [6.07, 6.45) is 5.03. The van der Waals surface area contributed by atoms with Crippen LogP contribution >= 0.6 is 12.4 Å². The topological polar surface area (TPSA) is 92.1 Å². The van der Waals surface area contributed by atoms with Gasteiger partial charge in [-0.2, -0.15) is 4.31 Å². The van der Waals surface area contributed by atoms with E-state index in [2.05, 4.69) is 9.97 Å². The van der Waals surface area contributed by atoms with Crippen LogP contribution in [0.4, 0.5) is 0 Å². The van der Waals surface area contributed by atoms with Crippen molar-refractivity contribution in [1.82, 2.24) is 14.3 Å². The van der Waals surface area contributed by atoms with Crippen molar-refractivity contribution in [1.29, 1.82) is 0 Å². The lowest BCUT2D eigenvalue weighted by molar-refractivity contribution is 0.271. The summed E-state index contributed by atoms with van der Waals surface area (Å²) in [4.78, 5) is 7.35. The molecule has 1 unspecified atom stereocenters. The molecule has 2 aromatic heterocycles. The van der Waals surface area contributed by atoms with E-state index in [1.807, 2.05) is 0 Å². The fourth-order valence-electron chi connectivity index (χ4n) is 2.72.